The number of piperidine rings is 1. The van der Waals surface area contributed by atoms with Gasteiger partial charge in [0.2, 0.25) is 5.91 Å². The van der Waals surface area contributed by atoms with Crippen molar-refractivity contribution in [1.82, 2.24) is 10.2 Å². The van der Waals surface area contributed by atoms with E-state index in [4.69, 9.17) is 4.42 Å². The zero-order valence-electron chi connectivity index (χ0n) is 15.0. The molecule has 2 aliphatic heterocycles. The lowest BCUT2D eigenvalue weighted by Gasteiger charge is -2.31. The first-order chi connectivity index (χ1) is 13.1. The molecule has 0 unspecified atom stereocenters. The van der Waals surface area contributed by atoms with E-state index in [9.17, 15) is 14.0 Å². The third kappa shape index (κ3) is 3.60. The van der Waals surface area contributed by atoms with Gasteiger partial charge in [0.05, 0.1) is 17.5 Å². The molecule has 2 amide bonds. The van der Waals surface area contributed by atoms with E-state index < -0.39 is 0 Å². The molecule has 1 fully saturated rings. The smallest absolute Gasteiger partial charge is 0.257 e. The van der Waals surface area contributed by atoms with Crippen LogP contribution < -0.4 is 10.6 Å². The SMILES string of the molecule is O=C(Nc1ccc2c(c1F)CCNC2)C1CCN(C(=O)c2ccoc2)CC1. The largest absolute Gasteiger partial charge is 0.472 e. The lowest BCUT2D eigenvalue weighted by Crippen LogP contribution is -2.41. The number of carbonyl (C=O) groups is 2. The van der Waals surface area contributed by atoms with Crippen LogP contribution in [0.3, 0.4) is 0 Å². The van der Waals surface area contributed by atoms with E-state index in [0.717, 1.165) is 12.1 Å². The van der Waals surface area contributed by atoms with Gasteiger partial charge in [0.25, 0.3) is 5.91 Å². The molecule has 4 rings (SSSR count). The van der Waals surface area contributed by atoms with E-state index in [0.29, 0.717) is 50.0 Å². The maximum atomic E-state index is 14.7. The molecule has 27 heavy (non-hydrogen) atoms. The number of nitrogens with zero attached hydrogens (tertiary/aromatic N) is 1. The molecule has 1 aromatic heterocycles. The molecule has 3 heterocycles. The predicted molar refractivity (Wildman–Crippen MR) is 97.8 cm³/mol. The average Bonchev–Trinajstić information content (AvgIpc) is 3.25. The van der Waals surface area contributed by atoms with Crippen molar-refractivity contribution in [1.29, 1.82) is 0 Å². The summed E-state index contributed by atoms with van der Waals surface area (Å²) in [4.78, 5) is 26.6. The van der Waals surface area contributed by atoms with E-state index in [2.05, 4.69) is 10.6 Å². The van der Waals surface area contributed by atoms with Crippen molar-refractivity contribution in [3.05, 3.63) is 53.2 Å². The molecule has 0 spiro atoms. The van der Waals surface area contributed by atoms with Crippen LogP contribution in [0.25, 0.3) is 0 Å². The van der Waals surface area contributed by atoms with Gasteiger partial charge in [0.15, 0.2) is 0 Å². The summed E-state index contributed by atoms with van der Waals surface area (Å²) >= 11 is 0. The number of furan rings is 1. The van der Waals surface area contributed by atoms with Gasteiger partial charge in [-0.05, 0) is 49.1 Å². The first-order valence-electron chi connectivity index (χ1n) is 9.27. The third-order valence-corrected chi connectivity index (χ3v) is 5.39. The number of hydrogen-bond donors (Lipinski definition) is 2. The standard InChI is InChI=1S/C20H22FN3O3/c21-18-16-3-7-22-11-14(16)1-2-17(18)23-19(25)13-4-8-24(9-5-13)20(26)15-6-10-27-12-15/h1-2,6,10,12-13,22H,3-5,7-9,11H2,(H,23,25). The highest BCUT2D eigenvalue weighted by Crippen LogP contribution is 2.26. The minimum Gasteiger partial charge on any atom is -0.472 e. The summed E-state index contributed by atoms with van der Waals surface area (Å²) in [6, 6.07) is 5.14. The molecule has 142 valence electrons. The van der Waals surface area contributed by atoms with Gasteiger partial charge in [-0.25, -0.2) is 4.39 Å². The Kier molecular flexibility index (Phi) is 4.94. The normalized spacial score (nSPS) is 17.4. The maximum Gasteiger partial charge on any atom is 0.257 e. The second-order valence-corrected chi connectivity index (χ2v) is 7.06. The van der Waals surface area contributed by atoms with Crippen LogP contribution in [0.5, 0.6) is 0 Å². The van der Waals surface area contributed by atoms with Gasteiger partial charge in [-0.2, -0.15) is 0 Å². The Morgan fingerprint density at radius 3 is 2.78 bits per heavy atom. The molecule has 1 saturated heterocycles. The summed E-state index contributed by atoms with van der Waals surface area (Å²) in [5.74, 6) is -0.819. The van der Waals surface area contributed by atoms with Crippen LogP contribution in [0.15, 0.2) is 35.1 Å². The fraction of sp³-hybridized carbons (Fsp3) is 0.400. The van der Waals surface area contributed by atoms with E-state index in [1.54, 1.807) is 17.0 Å². The van der Waals surface area contributed by atoms with Crippen molar-refractivity contribution in [3.63, 3.8) is 0 Å². The Morgan fingerprint density at radius 1 is 1.22 bits per heavy atom. The van der Waals surface area contributed by atoms with Crippen molar-refractivity contribution in [2.45, 2.75) is 25.8 Å². The van der Waals surface area contributed by atoms with Crippen molar-refractivity contribution in [2.75, 3.05) is 25.0 Å². The Labute approximate surface area is 156 Å². The number of nitrogens with one attached hydrogen (secondary N) is 2. The molecule has 2 aliphatic rings. The predicted octanol–water partition coefficient (Wildman–Crippen LogP) is 2.56. The minimum absolute atomic E-state index is 0.0862. The molecular formula is C20H22FN3O3. The molecule has 0 atom stereocenters. The molecular weight excluding hydrogens is 349 g/mol. The van der Waals surface area contributed by atoms with E-state index >= 15 is 0 Å². The van der Waals surface area contributed by atoms with Gasteiger partial charge in [-0.1, -0.05) is 6.07 Å². The van der Waals surface area contributed by atoms with Crippen molar-refractivity contribution in [2.24, 2.45) is 5.92 Å². The van der Waals surface area contributed by atoms with Crippen molar-refractivity contribution >= 4 is 17.5 Å². The first kappa shape index (κ1) is 17.7. The second-order valence-electron chi connectivity index (χ2n) is 7.06. The Bertz CT molecular complexity index is 842. The van der Waals surface area contributed by atoms with E-state index in [1.165, 1.54) is 12.5 Å². The number of rotatable bonds is 3. The first-order valence-corrected chi connectivity index (χ1v) is 9.27. The molecule has 7 heteroatoms. The Morgan fingerprint density at radius 2 is 2.04 bits per heavy atom. The molecule has 2 N–H and O–H groups in total. The highest BCUT2D eigenvalue weighted by Gasteiger charge is 2.29. The van der Waals surface area contributed by atoms with Crippen LogP contribution in [-0.4, -0.2) is 36.3 Å². The lowest BCUT2D eigenvalue weighted by molar-refractivity contribution is -0.121. The van der Waals surface area contributed by atoms with Gasteiger partial charge in [0.1, 0.15) is 12.1 Å². The summed E-state index contributed by atoms with van der Waals surface area (Å²) < 4.78 is 19.7. The molecule has 0 saturated carbocycles. The molecule has 0 radical (unpaired) electrons. The van der Waals surface area contributed by atoms with Crippen LogP contribution in [0.1, 0.15) is 34.3 Å². The Balaban J connectivity index is 1.37. The fourth-order valence-corrected chi connectivity index (χ4v) is 3.78. The summed E-state index contributed by atoms with van der Waals surface area (Å²) in [6.07, 6.45) is 4.64. The molecule has 2 aromatic rings. The molecule has 0 bridgehead atoms. The summed E-state index contributed by atoms with van der Waals surface area (Å²) in [6.45, 7) is 2.40. The van der Waals surface area contributed by atoms with E-state index in [-0.39, 0.29) is 29.2 Å². The van der Waals surface area contributed by atoms with E-state index in [1.807, 2.05) is 6.07 Å². The number of hydrogen-bond acceptors (Lipinski definition) is 4. The zero-order chi connectivity index (χ0) is 18.8. The average molecular weight is 371 g/mol. The second kappa shape index (κ2) is 7.52. The molecule has 0 aliphatic carbocycles. The van der Waals surface area contributed by atoms with Gasteiger partial charge in [-0.3, -0.25) is 9.59 Å². The maximum absolute atomic E-state index is 14.7. The number of halogens is 1. The highest BCUT2D eigenvalue weighted by atomic mass is 19.1. The summed E-state index contributed by atoms with van der Waals surface area (Å²) in [7, 11) is 0. The van der Waals surface area contributed by atoms with Crippen LogP contribution >= 0.6 is 0 Å². The zero-order valence-corrected chi connectivity index (χ0v) is 15.0. The quantitative estimate of drug-likeness (QED) is 0.870. The van der Waals surface area contributed by atoms with Crippen LogP contribution in [0, 0.1) is 11.7 Å². The van der Waals surface area contributed by atoms with Crippen molar-refractivity contribution < 1.29 is 18.4 Å². The number of likely N-dealkylation sites (tertiary alicyclic amines) is 1. The van der Waals surface area contributed by atoms with Gasteiger partial charge in [-0.15, -0.1) is 0 Å². The summed E-state index contributed by atoms with van der Waals surface area (Å²) in [5, 5.41) is 5.96. The highest BCUT2D eigenvalue weighted by molar-refractivity contribution is 5.95. The fourth-order valence-electron chi connectivity index (χ4n) is 3.78. The van der Waals surface area contributed by atoms with Gasteiger partial charge < -0.3 is 20.0 Å². The van der Waals surface area contributed by atoms with Crippen LogP contribution in [0.2, 0.25) is 0 Å². The lowest BCUT2D eigenvalue weighted by atomic mass is 9.95. The van der Waals surface area contributed by atoms with Gasteiger partial charge >= 0.3 is 0 Å². The number of anilines is 1. The number of carbonyl (C=O) groups excluding carboxylic acids is 2. The Hall–Kier alpha value is -2.67. The van der Waals surface area contributed by atoms with Crippen LogP contribution in [-0.2, 0) is 17.8 Å². The van der Waals surface area contributed by atoms with Crippen LogP contribution in [0.4, 0.5) is 10.1 Å². The molecule has 1 aromatic carbocycles. The monoisotopic (exact) mass is 371 g/mol. The van der Waals surface area contributed by atoms with Crippen molar-refractivity contribution in [3.8, 4) is 0 Å². The number of fused-ring (bicyclic) bond motifs is 1. The summed E-state index contributed by atoms with van der Waals surface area (Å²) in [5.41, 5.74) is 2.40. The number of amides is 2. The minimum atomic E-state index is -0.324. The topological polar surface area (TPSA) is 74.6 Å². The number of benzene rings is 1. The molecule has 6 nitrogen and oxygen atoms in total. The van der Waals surface area contributed by atoms with Gasteiger partial charge in [0, 0.05) is 25.6 Å². The third-order valence-electron chi connectivity index (χ3n) is 5.39.